The summed E-state index contributed by atoms with van der Waals surface area (Å²) in [6, 6.07) is 0.382. The number of rotatable bonds is 6. The molecule has 1 atom stereocenters. The molecule has 1 aliphatic rings. The van der Waals surface area contributed by atoms with E-state index in [4.69, 9.17) is 4.74 Å². The highest BCUT2D eigenvalue weighted by atomic mass is 16.5. The fourth-order valence-corrected chi connectivity index (χ4v) is 3.14. The molecule has 17 heavy (non-hydrogen) atoms. The monoisotopic (exact) mass is 240 g/mol. The fourth-order valence-electron chi connectivity index (χ4n) is 3.14. The van der Waals surface area contributed by atoms with E-state index in [2.05, 4.69) is 45.2 Å². The van der Waals surface area contributed by atoms with Crippen LogP contribution in [0.15, 0.2) is 11.8 Å². The predicted molar refractivity (Wildman–Crippen MR) is 73.1 cm³/mol. The molecule has 0 aromatic carbocycles. The number of ether oxygens (including phenoxy) is 1. The van der Waals surface area contributed by atoms with E-state index in [1.54, 1.807) is 0 Å². The molecular weight excluding hydrogens is 212 g/mol. The summed E-state index contributed by atoms with van der Waals surface area (Å²) in [5, 5.41) is 3.51. The van der Waals surface area contributed by atoms with Gasteiger partial charge < -0.3 is 15.0 Å². The topological polar surface area (TPSA) is 24.5 Å². The van der Waals surface area contributed by atoms with Crippen molar-refractivity contribution < 1.29 is 4.74 Å². The molecular formula is C14H28N2O. The van der Waals surface area contributed by atoms with E-state index in [1.807, 2.05) is 6.26 Å². The fraction of sp³-hybridized carbons (Fsp3) is 0.857. The van der Waals surface area contributed by atoms with Crippen LogP contribution in [0.4, 0.5) is 0 Å². The van der Waals surface area contributed by atoms with Crippen LogP contribution in [-0.2, 0) is 4.74 Å². The van der Waals surface area contributed by atoms with Crippen molar-refractivity contribution >= 4 is 0 Å². The molecule has 1 aliphatic heterocycles. The average molecular weight is 240 g/mol. The number of hydrogen-bond donors (Lipinski definition) is 1. The number of nitrogens with zero attached hydrogens (tertiary/aromatic N) is 1. The Bertz CT molecular complexity index is 257. The summed E-state index contributed by atoms with van der Waals surface area (Å²) in [5.41, 5.74) is 1.59. The quantitative estimate of drug-likeness (QED) is 0.771. The summed E-state index contributed by atoms with van der Waals surface area (Å²) >= 11 is 0. The number of hydrogen-bond acceptors (Lipinski definition) is 3. The minimum absolute atomic E-state index is 0.182. The van der Waals surface area contributed by atoms with Gasteiger partial charge in [-0.1, -0.05) is 13.8 Å². The largest absolute Gasteiger partial charge is 0.501 e. The highest BCUT2D eigenvalue weighted by molar-refractivity contribution is 5.18. The highest BCUT2D eigenvalue weighted by Gasteiger charge is 2.39. The van der Waals surface area contributed by atoms with Crippen molar-refractivity contribution in [1.82, 2.24) is 10.2 Å². The van der Waals surface area contributed by atoms with Crippen LogP contribution in [0.25, 0.3) is 0 Å². The third-order valence-corrected chi connectivity index (χ3v) is 4.27. The molecule has 0 aromatic heterocycles. The molecule has 0 aromatic rings. The van der Waals surface area contributed by atoms with E-state index in [0.717, 1.165) is 32.3 Å². The van der Waals surface area contributed by atoms with Crippen molar-refractivity contribution in [2.75, 3.05) is 27.7 Å². The van der Waals surface area contributed by atoms with Crippen LogP contribution in [0.2, 0.25) is 0 Å². The normalized spacial score (nSPS) is 18.8. The predicted octanol–water partition coefficient (Wildman–Crippen LogP) is 2.39. The van der Waals surface area contributed by atoms with Gasteiger partial charge in [-0.2, -0.15) is 0 Å². The first kappa shape index (κ1) is 14.5. The Hall–Kier alpha value is -0.540. The maximum atomic E-state index is 5.51. The summed E-state index contributed by atoms with van der Waals surface area (Å²) < 4.78 is 5.51. The molecule has 0 amide bonds. The second kappa shape index (κ2) is 6.41. The first-order chi connectivity index (χ1) is 8.12. The Kier molecular flexibility index (Phi) is 5.47. The minimum Gasteiger partial charge on any atom is -0.501 e. The molecule has 0 bridgehead atoms. The molecule has 1 heterocycles. The van der Waals surface area contributed by atoms with Crippen LogP contribution >= 0.6 is 0 Å². The van der Waals surface area contributed by atoms with Gasteiger partial charge in [0.25, 0.3) is 0 Å². The SMILES string of the molecule is CCC(CC)(C(NC)C1=COCCC1)N(C)C. The summed E-state index contributed by atoms with van der Waals surface area (Å²) in [6.45, 7) is 5.42. The third kappa shape index (κ3) is 2.83. The lowest BCUT2D eigenvalue weighted by molar-refractivity contribution is 0.0985. The Balaban J connectivity index is 2.99. The minimum atomic E-state index is 0.182. The van der Waals surface area contributed by atoms with Gasteiger partial charge in [-0.25, -0.2) is 0 Å². The summed E-state index contributed by atoms with van der Waals surface area (Å²) in [7, 11) is 6.42. The molecule has 0 fully saturated rings. The zero-order valence-electron chi connectivity index (χ0n) is 12.0. The summed E-state index contributed by atoms with van der Waals surface area (Å²) in [5.74, 6) is 0. The van der Waals surface area contributed by atoms with Gasteiger partial charge in [0.2, 0.25) is 0 Å². The molecule has 0 saturated heterocycles. The van der Waals surface area contributed by atoms with Crippen LogP contribution < -0.4 is 5.32 Å². The van der Waals surface area contributed by atoms with Crippen LogP contribution in [0.1, 0.15) is 39.5 Å². The van der Waals surface area contributed by atoms with Gasteiger partial charge in [-0.3, -0.25) is 0 Å². The molecule has 0 saturated carbocycles. The van der Waals surface area contributed by atoms with E-state index >= 15 is 0 Å². The van der Waals surface area contributed by atoms with Crippen molar-refractivity contribution in [3.8, 4) is 0 Å². The van der Waals surface area contributed by atoms with Crippen LogP contribution in [0.5, 0.6) is 0 Å². The van der Waals surface area contributed by atoms with E-state index in [0.29, 0.717) is 6.04 Å². The zero-order chi connectivity index (χ0) is 12.9. The first-order valence-corrected chi connectivity index (χ1v) is 6.77. The molecule has 0 radical (unpaired) electrons. The van der Waals surface area contributed by atoms with Gasteiger partial charge in [0, 0.05) is 11.6 Å². The van der Waals surface area contributed by atoms with E-state index < -0.39 is 0 Å². The number of likely N-dealkylation sites (N-methyl/N-ethyl adjacent to an activating group) is 2. The van der Waals surface area contributed by atoms with Gasteiger partial charge in [-0.15, -0.1) is 0 Å². The Labute approximate surface area is 106 Å². The van der Waals surface area contributed by atoms with Crippen molar-refractivity contribution in [3.63, 3.8) is 0 Å². The molecule has 1 N–H and O–H groups in total. The van der Waals surface area contributed by atoms with E-state index in [1.165, 1.54) is 5.57 Å². The van der Waals surface area contributed by atoms with Gasteiger partial charge in [0.1, 0.15) is 0 Å². The summed E-state index contributed by atoms with van der Waals surface area (Å²) in [4.78, 5) is 2.36. The molecule has 1 unspecified atom stereocenters. The third-order valence-electron chi connectivity index (χ3n) is 4.27. The molecule has 3 nitrogen and oxygen atoms in total. The highest BCUT2D eigenvalue weighted by Crippen LogP contribution is 2.32. The van der Waals surface area contributed by atoms with E-state index in [-0.39, 0.29) is 5.54 Å². The Morgan fingerprint density at radius 1 is 1.41 bits per heavy atom. The van der Waals surface area contributed by atoms with Crippen molar-refractivity contribution in [2.45, 2.75) is 51.1 Å². The average Bonchev–Trinajstić information content (AvgIpc) is 2.36. The Morgan fingerprint density at radius 3 is 2.41 bits per heavy atom. The second-order valence-electron chi connectivity index (χ2n) is 5.09. The molecule has 0 spiro atoms. The lowest BCUT2D eigenvalue weighted by atomic mass is 9.78. The van der Waals surface area contributed by atoms with E-state index in [9.17, 15) is 0 Å². The maximum Gasteiger partial charge on any atom is 0.0876 e. The molecule has 0 aliphatic carbocycles. The maximum absolute atomic E-state index is 5.51. The van der Waals surface area contributed by atoms with Gasteiger partial charge in [0.15, 0.2) is 0 Å². The van der Waals surface area contributed by atoms with Crippen molar-refractivity contribution in [2.24, 2.45) is 0 Å². The van der Waals surface area contributed by atoms with Gasteiger partial charge in [-0.05, 0) is 52.4 Å². The lowest BCUT2D eigenvalue weighted by Crippen LogP contribution is -2.58. The van der Waals surface area contributed by atoms with Crippen LogP contribution in [0.3, 0.4) is 0 Å². The van der Waals surface area contributed by atoms with Crippen molar-refractivity contribution in [3.05, 3.63) is 11.8 Å². The lowest BCUT2D eigenvalue weighted by Gasteiger charge is -2.46. The first-order valence-electron chi connectivity index (χ1n) is 6.77. The van der Waals surface area contributed by atoms with Gasteiger partial charge >= 0.3 is 0 Å². The molecule has 100 valence electrons. The molecule has 3 heteroatoms. The standard InChI is InChI=1S/C14H28N2O/c1-6-14(7-2,16(4)5)13(15-3)12-9-8-10-17-11-12/h11,13,15H,6-10H2,1-5H3. The van der Waals surface area contributed by atoms with Crippen LogP contribution in [0, 0.1) is 0 Å². The smallest absolute Gasteiger partial charge is 0.0876 e. The Morgan fingerprint density at radius 2 is 2.06 bits per heavy atom. The van der Waals surface area contributed by atoms with Gasteiger partial charge in [0.05, 0.1) is 12.9 Å². The summed E-state index contributed by atoms with van der Waals surface area (Å²) in [6.07, 6.45) is 6.55. The number of nitrogens with one attached hydrogen (secondary N) is 1. The molecule has 1 rings (SSSR count). The second-order valence-corrected chi connectivity index (χ2v) is 5.09. The zero-order valence-corrected chi connectivity index (χ0v) is 12.0. The van der Waals surface area contributed by atoms with Crippen molar-refractivity contribution in [1.29, 1.82) is 0 Å². The van der Waals surface area contributed by atoms with Crippen LogP contribution in [-0.4, -0.2) is 44.2 Å².